The first-order chi connectivity index (χ1) is 19.3. The number of aromatic nitrogens is 2. The molecular formula is C32H31FN2O5. The molecule has 40 heavy (non-hydrogen) atoms. The largest absolute Gasteiger partial charge is 0.492 e. The average Bonchev–Trinajstić information content (AvgIpc) is 3.63. The lowest BCUT2D eigenvalue weighted by molar-refractivity contribution is -0.137. The summed E-state index contributed by atoms with van der Waals surface area (Å²) in [6, 6.07) is 14.8. The number of aryl methyl sites for hydroxylation is 3. The van der Waals surface area contributed by atoms with Crippen LogP contribution in [0.1, 0.15) is 58.4 Å². The quantitative estimate of drug-likeness (QED) is 0.276. The molecule has 2 unspecified atom stereocenters. The second-order valence-electron chi connectivity index (χ2n) is 10.6. The van der Waals surface area contributed by atoms with E-state index < -0.39 is 12.1 Å². The highest BCUT2D eigenvalue weighted by Gasteiger charge is 2.32. The fourth-order valence-electron chi connectivity index (χ4n) is 6.03. The Hall–Kier alpha value is -4.33. The third-order valence-electron chi connectivity index (χ3n) is 7.78. The number of carboxylic acid groups (broad SMARTS) is 1. The zero-order valence-electron chi connectivity index (χ0n) is 22.7. The highest BCUT2D eigenvalue weighted by molar-refractivity contribution is 5.76. The molecule has 1 aliphatic carbocycles. The summed E-state index contributed by atoms with van der Waals surface area (Å²) in [5.74, 6) is 0.686. The third kappa shape index (κ3) is 4.90. The Morgan fingerprint density at radius 2 is 1.93 bits per heavy atom. The van der Waals surface area contributed by atoms with Crippen molar-refractivity contribution >= 4 is 5.97 Å². The van der Waals surface area contributed by atoms with Crippen molar-refractivity contribution < 1.29 is 28.5 Å². The highest BCUT2D eigenvalue weighted by Crippen LogP contribution is 2.45. The second-order valence-corrected chi connectivity index (χ2v) is 10.6. The molecule has 8 heteroatoms. The number of hydrogen-bond donors (Lipinski definition) is 1. The molecule has 2 aliphatic rings. The maximum Gasteiger partial charge on any atom is 0.304 e. The fraction of sp³-hybridized carbons (Fsp3) is 0.312. The van der Waals surface area contributed by atoms with E-state index in [4.69, 9.17) is 19.3 Å². The minimum absolute atomic E-state index is 0.0212. The number of halogens is 1. The van der Waals surface area contributed by atoms with Crippen LogP contribution in [0.5, 0.6) is 17.2 Å². The lowest BCUT2D eigenvalue weighted by atomic mass is 9.90. The van der Waals surface area contributed by atoms with Crippen LogP contribution in [0.15, 0.2) is 54.7 Å². The van der Waals surface area contributed by atoms with Gasteiger partial charge in [-0.05, 0) is 84.8 Å². The number of hydrogen-bond acceptors (Lipinski definition) is 5. The van der Waals surface area contributed by atoms with Gasteiger partial charge >= 0.3 is 5.97 Å². The van der Waals surface area contributed by atoms with Gasteiger partial charge in [0.2, 0.25) is 0 Å². The lowest BCUT2D eigenvalue weighted by Gasteiger charge is -2.19. The van der Waals surface area contributed by atoms with Crippen LogP contribution in [0.25, 0.3) is 11.1 Å². The summed E-state index contributed by atoms with van der Waals surface area (Å²) < 4.78 is 35.1. The number of carboxylic acids is 1. The van der Waals surface area contributed by atoms with Gasteiger partial charge in [-0.2, -0.15) is 5.10 Å². The Morgan fingerprint density at radius 3 is 2.65 bits per heavy atom. The zero-order chi connectivity index (χ0) is 28.0. The monoisotopic (exact) mass is 542 g/mol. The zero-order valence-corrected chi connectivity index (χ0v) is 22.7. The van der Waals surface area contributed by atoms with Crippen LogP contribution in [0, 0.1) is 19.7 Å². The van der Waals surface area contributed by atoms with E-state index in [1.165, 1.54) is 6.07 Å². The smallest absolute Gasteiger partial charge is 0.304 e. The number of fused-ring (bicyclic) bond motifs is 2. The van der Waals surface area contributed by atoms with E-state index in [1.54, 1.807) is 10.7 Å². The maximum atomic E-state index is 15.3. The molecule has 0 fully saturated rings. The van der Waals surface area contributed by atoms with Gasteiger partial charge in [0.05, 0.1) is 18.7 Å². The Balaban J connectivity index is 1.24. The van der Waals surface area contributed by atoms with Crippen molar-refractivity contribution in [2.45, 2.75) is 51.7 Å². The van der Waals surface area contributed by atoms with Crippen molar-refractivity contribution in [1.29, 1.82) is 0 Å². The van der Waals surface area contributed by atoms with Crippen LogP contribution in [0.3, 0.4) is 0 Å². The molecule has 7 nitrogen and oxygen atoms in total. The molecular weight excluding hydrogens is 511 g/mol. The molecule has 2 atom stereocenters. The van der Waals surface area contributed by atoms with Gasteiger partial charge in [0.1, 0.15) is 35.8 Å². The number of nitrogens with zero attached hydrogens (tertiary/aromatic N) is 2. The van der Waals surface area contributed by atoms with E-state index in [1.807, 2.05) is 49.6 Å². The van der Waals surface area contributed by atoms with Crippen molar-refractivity contribution in [1.82, 2.24) is 9.78 Å². The van der Waals surface area contributed by atoms with Gasteiger partial charge in [0.15, 0.2) is 0 Å². The average molecular weight is 543 g/mol. The van der Waals surface area contributed by atoms with E-state index in [2.05, 4.69) is 18.9 Å². The number of rotatable bonds is 8. The van der Waals surface area contributed by atoms with E-state index >= 15 is 4.39 Å². The van der Waals surface area contributed by atoms with Gasteiger partial charge in [0, 0.05) is 36.4 Å². The molecule has 1 aliphatic heterocycles. The summed E-state index contributed by atoms with van der Waals surface area (Å²) in [7, 11) is 1.88. The van der Waals surface area contributed by atoms with Crippen LogP contribution in [-0.4, -0.2) is 27.5 Å². The minimum Gasteiger partial charge on any atom is -0.492 e. The molecule has 1 N–H and O–H groups in total. The molecule has 3 aromatic carbocycles. The molecule has 0 amide bonds. The van der Waals surface area contributed by atoms with E-state index in [0.29, 0.717) is 43.1 Å². The normalized spacial score (nSPS) is 17.3. The van der Waals surface area contributed by atoms with Gasteiger partial charge in [-0.1, -0.05) is 12.1 Å². The van der Waals surface area contributed by atoms with E-state index in [9.17, 15) is 4.79 Å². The van der Waals surface area contributed by atoms with Crippen molar-refractivity contribution in [2.24, 2.45) is 7.05 Å². The van der Waals surface area contributed by atoms with Crippen molar-refractivity contribution in [3.63, 3.8) is 0 Å². The molecule has 2 heterocycles. The molecule has 4 aromatic rings. The summed E-state index contributed by atoms with van der Waals surface area (Å²) in [5.41, 5.74) is 7.50. The van der Waals surface area contributed by atoms with Crippen LogP contribution in [0.4, 0.5) is 4.39 Å². The number of benzene rings is 3. The van der Waals surface area contributed by atoms with Crippen molar-refractivity contribution in [2.75, 3.05) is 6.61 Å². The molecule has 0 saturated carbocycles. The first kappa shape index (κ1) is 25.9. The Labute approximate surface area is 232 Å². The number of carbonyl (C=O) groups is 1. The predicted octanol–water partition coefficient (Wildman–Crippen LogP) is 6.44. The summed E-state index contributed by atoms with van der Waals surface area (Å²) in [6.45, 7) is 4.83. The fourth-order valence-corrected chi connectivity index (χ4v) is 6.03. The number of aliphatic carboxylic acids is 1. The topological polar surface area (TPSA) is 82.8 Å². The summed E-state index contributed by atoms with van der Waals surface area (Å²) >= 11 is 0. The summed E-state index contributed by atoms with van der Waals surface area (Å²) in [6.07, 6.45) is 2.84. The molecule has 6 rings (SSSR count). The Kier molecular flexibility index (Phi) is 6.70. The standard InChI is InChI=1S/C32H31FN2O5/c1-18-12-23(38-17-21-10-11-35(3)34-21)13-19(2)31(18)25-6-8-27(33)32-26(25)7-9-28(32)40-22-4-5-24-20(14-30(36)37)16-39-29(24)15-22/h4-6,8,10-13,15,20,28H,7,9,14,16-17H2,1-3H3,(H,36,37). The van der Waals surface area contributed by atoms with Gasteiger partial charge in [-0.25, -0.2) is 4.39 Å². The van der Waals surface area contributed by atoms with E-state index in [0.717, 1.165) is 44.8 Å². The third-order valence-corrected chi connectivity index (χ3v) is 7.78. The molecule has 206 valence electrons. The SMILES string of the molecule is Cc1cc(OCc2ccn(C)n2)cc(C)c1-c1ccc(F)c2c1CCC2Oc1ccc2c(c1)OCC2CC(=O)O. The van der Waals surface area contributed by atoms with E-state index in [-0.39, 0.29) is 18.2 Å². The van der Waals surface area contributed by atoms with Gasteiger partial charge in [-0.3, -0.25) is 9.48 Å². The Morgan fingerprint density at radius 1 is 1.12 bits per heavy atom. The maximum absolute atomic E-state index is 15.3. The van der Waals surface area contributed by atoms with Crippen LogP contribution >= 0.6 is 0 Å². The minimum atomic E-state index is -0.854. The summed E-state index contributed by atoms with van der Waals surface area (Å²) in [4.78, 5) is 11.2. The predicted molar refractivity (Wildman–Crippen MR) is 147 cm³/mol. The highest BCUT2D eigenvalue weighted by atomic mass is 19.1. The molecule has 0 saturated heterocycles. The Bertz CT molecular complexity index is 1590. The molecule has 0 radical (unpaired) electrons. The number of ether oxygens (including phenoxy) is 3. The first-order valence-corrected chi connectivity index (χ1v) is 13.5. The molecule has 0 bridgehead atoms. The van der Waals surface area contributed by atoms with Crippen molar-refractivity contribution in [3.8, 4) is 28.4 Å². The lowest BCUT2D eigenvalue weighted by Crippen LogP contribution is -2.07. The van der Waals surface area contributed by atoms with Crippen LogP contribution < -0.4 is 14.2 Å². The van der Waals surface area contributed by atoms with Gasteiger partial charge in [-0.15, -0.1) is 0 Å². The van der Waals surface area contributed by atoms with Gasteiger partial charge < -0.3 is 19.3 Å². The van der Waals surface area contributed by atoms with Crippen LogP contribution in [0.2, 0.25) is 0 Å². The van der Waals surface area contributed by atoms with Gasteiger partial charge in [0.25, 0.3) is 0 Å². The molecule has 0 spiro atoms. The molecule has 1 aromatic heterocycles. The summed E-state index contributed by atoms with van der Waals surface area (Å²) in [5, 5.41) is 13.5. The second kappa shape index (κ2) is 10.3. The van der Waals surface area contributed by atoms with Crippen LogP contribution in [-0.2, 0) is 24.9 Å². The van der Waals surface area contributed by atoms with Crippen molar-refractivity contribution in [3.05, 3.63) is 94.1 Å². The first-order valence-electron chi connectivity index (χ1n) is 13.5.